The fourth-order valence-electron chi connectivity index (χ4n) is 2.55. The maximum atomic E-state index is 10.3. The number of rotatable bonds is 0. The second kappa shape index (κ2) is 2.31. The molecule has 80 valence electrons. The van der Waals surface area contributed by atoms with Gasteiger partial charge in [0.05, 0.1) is 12.6 Å². The van der Waals surface area contributed by atoms with E-state index in [9.17, 15) is 5.11 Å². The topological polar surface area (TPSA) is 81.4 Å². The van der Waals surface area contributed by atoms with Gasteiger partial charge in [0.15, 0.2) is 5.72 Å². The van der Waals surface area contributed by atoms with Crippen LogP contribution in [0.15, 0.2) is 6.33 Å². The Morgan fingerprint density at radius 2 is 2.60 bits per heavy atom. The lowest BCUT2D eigenvalue weighted by molar-refractivity contribution is -0.215. The molecule has 7 heteroatoms. The van der Waals surface area contributed by atoms with E-state index < -0.39 is 12.0 Å². The van der Waals surface area contributed by atoms with Gasteiger partial charge in [-0.2, -0.15) is 10.1 Å². The number of anilines is 1. The van der Waals surface area contributed by atoms with Crippen LogP contribution in [0, 0.1) is 0 Å². The Balaban J connectivity index is 1.89. The first-order valence-corrected chi connectivity index (χ1v) is 4.93. The Bertz CT molecular complexity index is 422. The van der Waals surface area contributed by atoms with Crippen molar-refractivity contribution in [3.05, 3.63) is 6.33 Å². The molecule has 2 fully saturated rings. The van der Waals surface area contributed by atoms with Crippen LogP contribution in [0.1, 0.15) is 12.5 Å². The predicted molar refractivity (Wildman–Crippen MR) is 46.9 cm³/mol. The van der Waals surface area contributed by atoms with Gasteiger partial charge in [-0.1, -0.05) is 0 Å². The van der Waals surface area contributed by atoms with E-state index in [-0.39, 0.29) is 12.1 Å². The number of aromatic nitrogens is 3. The molecule has 0 aromatic carbocycles. The number of ether oxygens (including phenoxy) is 2. The third-order valence-corrected chi connectivity index (χ3v) is 3.27. The molecule has 0 aliphatic carbocycles. The SMILES string of the molecule is O[C@]12C[C@H]([C@@H]3CO[C@H]1O3)n1ncnc1N2. The van der Waals surface area contributed by atoms with Gasteiger partial charge in [-0.3, -0.25) is 0 Å². The molecule has 0 amide bonds. The second-order valence-corrected chi connectivity index (χ2v) is 4.19. The van der Waals surface area contributed by atoms with Crippen molar-refractivity contribution in [3.8, 4) is 0 Å². The van der Waals surface area contributed by atoms with Gasteiger partial charge in [0, 0.05) is 6.42 Å². The number of nitrogens with one attached hydrogen (secondary N) is 1. The summed E-state index contributed by atoms with van der Waals surface area (Å²) in [6.07, 6.45) is 1.39. The molecule has 2 N–H and O–H groups in total. The van der Waals surface area contributed by atoms with Crippen LogP contribution in [0.3, 0.4) is 0 Å². The summed E-state index contributed by atoms with van der Waals surface area (Å²) < 4.78 is 12.7. The number of nitrogens with zero attached hydrogens (tertiary/aromatic N) is 3. The summed E-state index contributed by atoms with van der Waals surface area (Å²) in [6, 6.07) is 0.00694. The maximum absolute atomic E-state index is 10.3. The lowest BCUT2D eigenvalue weighted by Crippen LogP contribution is -2.58. The average molecular weight is 210 g/mol. The van der Waals surface area contributed by atoms with Crippen molar-refractivity contribution in [1.29, 1.82) is 0 Å². The van der Waals surface area contributed by atoms with Crippen LogP contribution < -0.4 is 5.32 Å². The molecule has 1 aromatic rings. The molecule has 4 bridgehead atoms. The van der Waals surface area contributed by atoms with Crippen LogP contribution in [0.2, 0.25) is 0 Å². The summed E-state index contributed by atoms with van der Waals surface area (Å²) in [5.41, 5.74) is -1.17. The maximum Gasteiger partial charge on any atom is 0.223 e. The minimum atomic E-state index is -1.17. The first-order chi connectivity index (χ1) is 7.26. The summed E-state index contributed by atoms with van der Waals surface area (Å²) in [7, 11) is 0. The van der Waals surface area contributed by atoms with Crippen LogP contribution in [-0.2, 0) is 9.47 Å². The standard InChI is InChI=1S/C8H10N4O3/c13-8-1-4(5-2-14-6(8)15-5)12-7(11-8)9-3-10-12/h3-6,13H,1-2H2,(H,9,10,11)/t4-,5+,6+,8-/m1/s1. The molecule has 0 unspecified atom stereocenters. The van der Waals surface area contributed by atoms with Gasteiger partial charge in [-0.15, -0.1) is 0 Å². The van der Waals surface area contributed by atoms with Crippen LogP contribution in [0.5, 0.6) is 0 Å². The van der Waals surface area contributed by atoms with Crippen molar-refractivity contribution in [2.24, 2.45) is 0 Å². The van der Waals surface area contributed by atoms with E-state index in [1.807, 2.05) is 0 Å². The fourth-order valence-corrected chi connectivity index (χ4v) is 2.55. The molecule has 0 radical (unpaired) electrons. The highest BCUT2D eigenvalue weighted by Crippen LogP contribution is 2.44. The summed E-state index contributed by atoms with van der Waals surface area (Å²) in [6.45, 7) is 0.499. The smallest absolute Gasteiger partial charge is 0.223 e. The van der Waals surface area contributed by atoms with Crippen LogP contribution in [0.25, 0.3) is 0 Å². The Kier molecular flexibility index (Phi) is 1.24. The molecule has 15 heavy (non-hydrogen) atoms. The van der Waals surface area contributed by atoms with Gasteiger partial charge in [0.2, 0.25) is 12.2 Å². The summed E-state index contributed by atoms with van der Waals surface area (Å²) >= 11 is 0. The normalized spacial score (nSPS) is 46.1. The lowest BCUT2D eigenvalue weighted by Gasteiger charge is -2.44. The zero-order chi connectivity index (χ0) is 10.0. The third kappa shape index (κ3) is 0.858. The second-order valence-electron chi connectivity index (χ2n) is 4.19. The molecule has 4 atom stereocenters. The molecule has 0 saturated carbocycles. The zero-order valence-corrected chi connectivity index (χ0v) is 7.83. The van der Waals surface area contributed by atoms with Crippen molar-refractivity contribution < 1.29 is 14.6 Å². The first kappa shape index (κ1) is 8.03. The highest BCUT2D eigenvalue weighted by atomic mass is 16.7. The summed E-state index contributed by atoms with van der Waals surface area (Å²) in [5, 5.41) is 17.3. The molecule has 1 aromatic heterocycles. The van der Waals surface area contributed by atoms with E-state index in [0.29, 0.717) is 19.0 Å². The highest BCUT2D eigenvalue weighted by molar-refractivity contribution is 5.33. The average Bonchev–Trinajstić information content (AvgIpc) is 2.80. The van der Waals surface area contributed by atoms with Crippen molar-refractivity contribution in [3.63, 3.8) is 0 Å². The monoisotopic (exact) mass is 210 g/mol. The molecule has 4 heterocycles. The van der Waals surface area contributed by atoms with Gasteiger partial charge in [-0.05, 0) is 0 Å². The third-order valence-electron chi connectivity index (χ3n) is 3.27. The summed E-state index contributed by atoms with van der Waals surface area (Å²) in [5.74, 6) is 0.581. The Hall–Kier alpha value is -1.18. The first-order valence-electron chi connectivity index (χ1n) is 4.93. The predicted octanol–water partition coefficient (Wildman–Crippen LogP) is -0.922. The number of hydrogen-bond acceptors (Lipinski definition) is 6. The van der Waals surface area contributed by atoms with E-state index in [2.05, 4.69) is 15.4 Å². The molecule has 3 aliphatic heterocycles. The van der Waals surface area contributed by atoms with Gasteiger partial charge in [0.1, 0.15) is 12.4 Å². The molecular weight excluding hydrogens is 200 g/mol. The van der Waals surface area contributed by atoms with E-state index in [4.69, 9.17) is 9.47 Å². The van der Waals surface area contributed by atoms with Gasteiger partial charge in [0.25, 0.3) is 0 Å². The van der Waals surface area contributed by atoms with Crippen molar-refractivity contribution in [2.45, 2.75) is 30.6 Å². The van der Waals surface area contributed by atoms with E-state index in [1.54, 1.807) is 4.68 Å². The van der Waals surface area contributed by atoms with E-state index >= 15 is 0 Å². The van der Waals surface area contributed by atoms with Crippen molar-refractivity contribution >= 4 is 5.95 Å². The molecule has 4 rings (SSSR count). The minimum Gasteiger partial charge on any atom is -0.366 e. The molecule has 2 saturated heterocycles. The lowest BCUT2D eigenvalue weighted by atomic mass is 9.95. The molecular formula is C8H10N4O3. The van der Waals surface area contributed by atoms with Crippen LogP contribution in [0.4, 0.5) is 5.95 Å². The van der Waals surface area contributed by atoms with Crippen molar-refractivity contribution in [2.75, 3.05) is 11.9 Å². The van der Waals surface area contributed by atoms with Gasteiger partial charge >= 0.3 is 0 Å². The largest absolute Gasteiger partial charge is 0.366 e. The highest BCUT2D eigenvalue weighted by Gasteiger charge is 2.57. The van der Waals surface area contributed by atoms with E-state index in [0.717, 1.165) is 0 Å². The zero-order valence-electron chi connectivity index (χ0n) is 7.83. The Labute approximate surface area is 85.0 Å². The number of aliphatic hydroxyl groups is 1. The van der Waals surface area contributed by atoms with Gasteiger partial charge in [-0.25, -0.2) is 4.68 Å². The molecule has 3 aliphatic rings. The quantitative estimate of drug-likeness (QED) is 0.576. The molecule has 7 nitrogen and oxygen atoms in total. The fraction of sp³-hybridized carbons (Fsp3) is 0.750. The Morgan fingerprint density at radius 1 is 1.67 bits per heavy atom. The summed E-state index contributed by atoms with van der Waals surface area (Å²) in [4.78, 5) is 4.05. The van der Waals surface area contributed by atoms with Crippen molar-refractivity contribution in [1.82, 2.24) is 14.8 Å². The Morgan fingerprint density at radius 3 is 3.53 bits per heavy atom. The van der Waals surface area contributed by atoms with Crippen LogP contribution >= 0.6 is 0 Å². The minimum absolute atomic E-state index is 0.00694. The van der Waals surface area contributed by atoms with Crippen LogP contribution in [-0.4, -0.2) is 44.6 Å². The number of fused-ring (bicyclic) bond motifs is 8. The number of hydrogen-bond donors (Lipinski definition) is 2. The van der Waals surface area contributed by atoms with Gasteiger partial charge < -0.3 is 19.9 Å². The van der Waals surface area contributed by atoms with E-state index in [1.165, 1.54) is 6.33 Å². The molecule has 0 spiro atoms.